The van der Waals surface area contributed by atoms with Crippen LogP contribution < -0.4 is 10.6 Å². The van der Waals surface area contributed by atoms with Crippen molar-refractivity contribution in [2.75, 3.05) is 10.6 Å². The summed E-state index contributed by atoms with van der Waals surface area (Å²) in [5.74, 6) is 0.403. The fourth-order valence-corrected chi connectivity index (χ4v) is 3.18. The van der Waals surface area contributed by atoms with Gasteiger partial charge in [-0.2, -0.15) is 13.2 Å². The normalized spacial score (nSPS) is 15.4. The van der Waals surface area contributed by atoms with Gasteiger partial charge in [0.1, 0.15) is 17.3 Å². The van der Waals surface area contributed by atoms with Crippen molar-refractivity contribution in [3.8, 4) is 0 Å². The topological polar surface area (TPSA) is 66.9 Å². The summed E-state index contributed by atoms with van der Waals surface area (Å²) >= 11 is 0. The number of rotatable bonds is 4. The third-order valence-corrected chi connectivity index (χ3v) is 4.48. The number of anilines is 2. The van der Waals surface area contributed by atoms with Crippen molar-refractivity contribution in [1.29, 1.82) is 0 Å². The average Bonchev–Trinajstić information content (AvgIpc) is 2.61. The highest BCUT2D eigenvalue weighted by Gasteiger charge is 2.30. The SMILES string of the molecule is Cc1nc(NC2CCCCC2)cc(C(=O)Nc2cccc(C(F)(F)F)c2)n1. The van der Waals surface area contributed by atoms with Gasteiger partial charge >= 0.3 is 6.18 Å². The summed E-state index contributed by atoms with van der Waals surface area (Å²) in [5, 5.41) is 5.80. The Labute approximate surface area is 155 Å². The first-order chi connectivity index (χ1) is 12.8. The molecule has 0 aliphatic heterocycles. The van der Waals surface area contributed by atoms with Crippen LogP contribution in [-0.4, -0.2) is 21.9 Å². The first-order valence-corrected chi connectivity index (χ1v) is 8.92. The molecule has 0 bridgehead atoms. The molecular formula is C19H21F3N4O. The van der Waals surface area contributed by atoms with Gasteiger partial charge in [0.15, 0.2) is 0 Å². The minimum atomic E-state index is -4.47. The van der Waals surface area contributed by atoms with Crippen molar-refractivity contribution in [3.05, 3.63) is 47.4 Å². The highest BCUT2D eigenvalue weighted by molar-refractivity contribution is 6.03. The number of alkyl halides is 3. The maximum atomic E-state index is 12.8. The molecule has 1 saturated carbocycles. The van der Waals surface area contributed by atoms with Crippen LogP contribution in [0.4, 0.5) is 24.7 Å². The van der Waals surface area contributed by atoms with Crippen LogP contribution in [-0.2, 0) is 6.18 Å². The van der Waals surface area contributed by atoms with Crippen LogP contribution in [0.2, 0.25) is 0 Å². The largest absolute Gasteiger partial charge is 0.416 e. The monoisotopic (exact) mass is 378 g/mol. The lowest BCUT2D eigenvalue weighted by Crippen LogP contribution is -2.24. The number of halogens is 3. The van der Waals surface area contributed by atoms with Gasteiger partial charge in [0, 0.05) is 17.8 Å². The van der Waals surface area contributed by atoms with E-state index in [1.165, 1.54) is 24.6 Å². The predicted octanol–water partition coefficient (Wildman–Crippen LogP) is 4.80. The zero-order valence-corrected chi connectivity index (χ0v) is 14.9. The Balaban J connectivity index is 1.74. The number of hydrogen-bond donors (Lipinski definition) is 2. The Hall–Kier alpha value is -2.64. The molecule has 0 radical (unpaired) electrons. The number of hydrogen-bond acceptors (Lipinski definition) is 4. The Kier molecular flexibility index (Phi) is 5.62. The van der Waals surface area contributed by atoms with E-state index in [4.69, 9.17) is 0 Å². The summed E-state index contributed by atoms with van der Waals surface area (Å²) in [6.45, 7) is 1.67. The van der Waals surface area contributed by atoms with Crippen LogP contribution in [0.15, 0.2) is 30.3 Å². The first kappa shape index (κ1) is 19.1. The summed E-state index contributed by atoms with van der Waals surface area (Å²) in [6, 6.07) is 6.35. The van der Waals surface area contributed by atoms with Gasteiger partial charge < -0.3 is 10.6 Å². The molecule has 0 unspecified atom stereocenters. The van der Waals surface area contributed by atoms with Crippen molar-refractivity contribution < 1.29 is 18.0 Å². The molecule has 0 spiro atoms. The maximum absolute atomic E-state index is 12.8. The lowest BCUT2D eigenvalue weighted by Gasteiger charge is -2.23. The van der Waals surface area contributed by atoms with Crippen LogP contribution >= 0.6 is 0 Å². The van der Waals surface area contributed by atoms with E-state index in [-0.39, 0.29) is 11.4 Å². The number of aryl methyl sites for hydroxylation is 1. The second-order valence-electron chi connectivity index (χ2n) is 6.70. The molecule has 3 rings (SSSR count). The first-order valence-electron chi connectivity index (χ1n) is 8.92. The van der Waals surface area contributed by atoms with Crippen molar-refractivity contribution in [2.24, 2.45) is 0 Å². The summed E-state index contributed by atoms with van der Waals surface area (Å²) in [5.41, 5.74) is -0.648. The summed E-state index contributed by atoms with van der Waals surface area (Å²) in [6.07, 6.45) is 1.17. The number of benzene rings is 1. The molecule has 1 amide bonds. The minimum Gasteiger partial charge on any atom is -0.367 e. The predicted molar refractivity (Wildman–Crippen MR) is 96.7 cm³/mol. The highest BCUT2D eigenvalue weighted by atomic mass is 19.4. The quantitative estimate of drug-likeness (QED) is 0.802. The Morgan fingerprint density at radius 1 is 1.11 bits per heavy atom. The van der Waals surface area contributed by atoms with Crippen LogP contribution in [0.3, 0.4) is 0 Å². The van der Waals surface area contributed by atoms with Crippen molar-refractivity contribution >= 4 is 17.4 Å². The molecule has 1 heterocycles. The van der Waals surface area contributed by atoms with Crippen molar-refractivity contribution in [3.63, 3.8) is 0 Å². The number of carbonyl (C=O) groups excluding carboxylic acids is 1. The molecule has 0 saturated heterocycles. The summed E-state index contributed by atoms with van der Waals surface area (Å²) < 4.78 is 38.4. The zero-order valence-electron chi connectivity index (χ0n) is 14.9. The molecular weight excluding hydrogens is 357 g/mol. The van der Waals surface area contributed by atoms with Gasteiger partial charge in [0.25, 0.3) is 5.91 Å². The van der Waals surface area contributed by atoms with Gasteiger partial charge in [-0.3, -0.25) is 4.79 Å². The lowest BCUT2D eigenvalue weighted by molar-refractivity contribution is -0.137. The molecule has 144 valence electrons. The van der Waals surface area contributed by atoms with Crippen LogP contribution in [0, 0.1) is 6.92 Å². The van der Waals surface area contributed by atoms with E-state index in [0.717, 1.165) is 37.8 Å². The Morgan fingerprint density at radius 3 is 2.56 bits per heavy atom. The fraction of sp³-hybridized carbons (Fsp3) is 0.421. The van der Waals surface area contributed by atoms with Crippen molar-refractivity contribution in [1.82, 2.24) is 9.97 Å². The van der Waals surface area contributed by atoms with E-state index in [1.54, 1.807) is 6.92 Å². The van der Waals surface area contributed by atoms with Crippen LogP contribution in [0.25, 0.3) is 0 Å². The number of carbonyl (C=O) groups is 1. The molecule has 27 heavy (non-hydrogen) atoms. The van der Waals surface area contributed by atoms with Gasteiger partial charge in [0.2, 0.25) is 0 Å². The van der Waals surface area contributed by atoms with Gasteiger partial charge in [-0.15, -0.1) is 0 Å². The minimum absolute atomic E-state index is 0.0629. The third kappa shape index (κ3) is 5.18. The number of aromatic nitrogens is 2. The smallest absolute Gasteiger partial charge is 0.367 e. The molecule has 5 nitrogen and oxygen atoms in total. The van der Waals surface area contributed by atoms with Gasteiger partial charge in [-0.05, 0) is 38.0 Å². The van der Waals surface area contributed by atoms with Gasteiger partial charge in [0.05, 0.1) is 5.56 Å². The Bertz CT molecular complexity index is 817. The van der Waals surface area contributed by atoms with Gasteiger partial charge in [-0.25, -0.2) is 9.97 Å². The lowest BCUT2D eigenvalue weighted by atomic mass is 9.95. The Morgan fingerprint density at radius 2 is 1.85 bits per heavy atom. The number of amides is 1. The second kappa shape index (κ2) is 7.94. The van der Waals surface area contributed by atoms with Gasteiger partial charge in [-0.1, -0.05) is 25.3 Å². The molecule has 1 aromatic heterocycles. The fourth-order valence-electron chi connectivity index (χ4n) is 3.18. The second-order valence-corrected chi connectivity index (χ2v) is 6.70. The van der Waals surface area contributed by atoms with Crippen molar-refractivity contribution in [2.45, 2.75) is 51.2 Å². The summed E-state index contributed by atoms with van der Waals surface area (Å²) in [7, 11) is 0. The van der Waals surface area contributed by atoms with Crippen LogP contribution in [0.1, 0.15) is 54.0 Å². The molecule has 1 aromatic carbocycles. The molecule has 2 aromatic rings. The number of nitrogens with zero attached hydrogens (tertiary/aromatic N) is 2. The molecule has 2 N–H and O–H groups in total. The van der Waals surface area contributed by atoms with Crippen LogP contribution in [0.5, 0.6) is 0 Å². The molecule has 8 heteroatoms. The van der Waals surface area contributed by atoms with E-state index in [0.29, 0.717) is 17.7 Å². The third-order valence-electron chi connectivity index (χ3n) is 4.48. The van der Waals surface area contributed by atoms with E-state index in [1.807, 2.05) is 0 Å². The van der Waals surface area contributed by atoms with E-state index >= 15 is 0 Å². The maximum Gasteiger partial charge on any atom is 0.416 e. The summed E-state index contributed by atoms with van der Waals surface area (Å²) in [4.78, 5) is 20.9. The highest BCUT2D eigenvalue weighted by Crippen LogP contribution is 2.30. The molecule has 0 atom stereocenters. The number of nitrogens with one attached hydrogen (secondary N) is 2. The van der Waals surface area contributed by atoms with E-state index in [9.17, 15) is 18.0 Å². The average molecular weight is 378 g/mol. The molecule has 1 aliphatic rings. The standard InChI is InChI=1S/C19H21F3N4O/c1-12-23-16(11-17(24-12)25-14-7-3-2-4-8-14)18(27)26-15-9-5-6-13(10-15)19(20,21)22/h5-6,9-11,14H,2-4,7-8H2,1H3,(H,26,27)(H,23,24,25). The molecule has 1 aliphatic carbocycles. The molecule has 1 fully saturated rings. The van der Waals surface area contributed by atoms with E-state index < -0.39 is 17.6 Å². The zero-order chi connectivity index (χ0) is 19.4. The van der Waals surface area contributed by atoms with E-state index in [2.05, 4.69) is 20.6 Å².